The zero-order chi connectivity index (χ0) is 13.0. The Morgan fingerprint density at radius 1 is 1.47 bits per heavy atom. The molecule has 96 valence electrons. The van der Waals surface area contributed by atoms with Gasteiger partial charge in [0.15, 0.2) is 0 Å². The molecule has 0 spiro atoms. The molecule has 1 aromatic rings. The first kappa shape index (κ1) is 14.2. The minimum absolute atomic E-state index is 0.0391. The Hall–Kier alpha value is -0.870. The number of thiophene rings is 1. The molecule has 1 amide bonds. The van der Waals surface area contributed by atoms with Crippen molar-refractivity contribution >= 4 is 17.2 Å². The van der Waals surface area contributed by atoms with Crippen molar-refractivity contribution in [1.82, 2.24) is 5.32 Å². The molecule has 0 saturated carbocycles. The molecule has 17 heavy (non-hydrogen) atoms. The Balaban J connectivity index is 2.43. The van der Waals surface area contributed by atoms with Crippen LogP contribution >= 0.6 is 11.3 Å². The van der Waals surface area contributed by atoms with Gasteiger partial charge in [0.1, 0.15) is 0 Å². The van der Waals surface area contributed by atoms with Crippen molar-refractivity contribution in [1.29, 1.82) is 0 Å². The predicted molar refractivity (Wildman–Crippen MR) is 71.6 cm³/mol. The van der Waals surface area contributed by atoms with Crippen LogP contribution in [0, 0.1) is 19.8 Å². The van der Waals surface area contributed by atoms with Crippen LogP contribution in [0.1, 0.15) is 40.4 Å². The maximum absolute atomic E-state index is 11.8. The van der Waals surface area contributed by atoms with Gasteiger partial charge in [-0.25, -0.2) is 0 Å². The molecule has 0 saturated heterocycles. The average molecular weight is 255 g/mol. The van der Waals surface area contributed by atoms with Gasteiger partial charge >= 0.3 is 0 Å². The fourth-order valence-electron chi connectivity index (χ4n) is 1.62. The summed E-state index contributed by atoms with van der Waals surface area (Å²) in [6, 6.07) is 1.91. The second-order valence-electron chi connectivity index (χ2n) is 4.68. The molecule has 1 rings (SSSR count). The first-order valence-corrected chi connectivity index (χ1v) is 6.76. The van der Waals surface area contributed by atoms with E-state index in [9.17, 15) is 9.90 Å². The van der Waals surface area contributed by atoms with Gasteiger partial charge in [0.05, 0.1) is 11.7 Å². The Morgan fingerprint density at radius 3 is 2.59 bits per heavy atom. The minimum Gasteiger partial charge on any atom is -0.393 e. The first-order chi connectivity index (χ1) is 7.91. The lowest BCUT2D eigenvalue weighted by Gasteiger charge is -2.14. The summed E-state index contributed by atoms with van der Waals surface area (Å²) in [7, 11) is 0. The van der Waals surface area contributed by atoms with Crippen molar-refractivity contribution in [2.24, 2.45) is 5.92 Å². The van der Waals surface area contributed by atoms with Gasteiger partial charge in [-0.05, 0) is 32.3 Å². The number of amides is 1. The maximum atomic E-state index is 11.8. The summed E-state index contributed by atoms with van der Waals surface area (Å²) in [5, 5.41) is 12.5. The number of rotatable bonds is 5. The van der Waals surface area contributed by atoms with Gasteiger partial charge in [0, 0.05) is 16.3 Å². The highest BCUT2D eigenvalue weighted by atomic mass is 32.1. The summed E-state index contributed by atoms with van der Waals surface area (Å²) in [5.74, 6) is 0.194. The van der Waals surface area contributed by atoms with Gasteiger partial charge in [-0.3, -0.25) is 4.79 Å². The Kier molecular flexibility index (Phi) is 5.15. The fraction of sp³-hybridized carbons (Fsp3) is 0.615. The number of hydrogen-bond donors (Lipinski definition) is 2. The lowest BCUT2D eigenvalue weighted by atomic mass is 10.0. The van der Waals surface area contributed by atoms with E-state index in [0.717, 1.165) is 15.3 Å². The van der Waals surface area contributed by atoms with E-state index in [-0.39, 0.29) is 17.9 Å². The summed E-state index contributed by atoms with van der Waals surface area (Å²) in [6.45, 7) is 8.41. The quantitative estimate of drug-likeness (QED) is 0.849. The highest BCUT2D eigenvalue weighted by Crippen LogP contribution is 2.20. The van der Waals surface area contributed by atoms with E-state index in [4.69, 9.17) is 0 Å². The Labute approximate surface area is 107 Å². The molecule has 1 aromatic heterocycles. The first-order valence-electron chi connectivity index (χ1n) is 5.95. The molecule has 4 heteroatoms. The van der Waals surface area contributed by atoms with Crippen LogP contribution in [-0.4, -0.2) is 23.7 Å². The number of aryl methyl sites for hydroxylation is 2. The standard InChI is InChI=1S/C13H21NO2S/c1-8(2)12(15)5-6-14-13(16)11-7-9(3)17-10(11)4/h7-8,12,15H,5-6H2,1-4H3,(H,14,16). The number of carbonyl (C=O) groups excluding carboxylic acids is 1. The van der Waals surface area contributed by atoms with Crippen LogP contribution in [0.25, 0.3) is 0 Å². The SMILES string of the molecule is Cc1cc(C(=O)NCCC(O)C(C)C)c(C)s1. The molecule has 1 atom stereocenters. The molecule has 0 bridgehead atoms. The van der Waals surface area contributed by atoms with Gasteiger partial charge in [-0.1, -0.05) is 13.8 Å². The second kappa shape index (κ2) is 6.17. The van der Waals surface area contributed by atoms with Crippen molar-refractivity contribution in [3.05, 3.63) is 21.4 Å². The lowest BCUT2D eigenvalue weighted by Crippen LogP contribution is -2.28. The van der Waals surface area contributed by atoms with E-state index >= 15 is 0 Å². The van der Waals surface area contributed by atoms with E-state index in [2.05, 4.69) is 5.32 Å². The molecule has 3 nitrogen and oxygen atoms in total. The monoisotopic (exact) mass is 255 g/mol. The van der Waals surface area contributed by atoms with Gasteiger partial charge in [-0.15, -0.1) is 11.3 Å². The Bertz CT molecular complexity index is 385. The zero-order valence-electron chi connectivity index (χ0n) is 10.9. The third-order valence-electron chi connectivity index (χ3n) is 2.78. The van der Waals surface area contributed by atoms with E-state index in [1.165, 1.54) is 0 Å². The molecule has 0 radical (unpaired) electrons. The van der Waals surface area contributed by atoms with Crippen molar-refractivity contribution in [3.63, 3.8) is 0 Å². The Morgan fingerprint density at radius 2 is 2.12 bits per heavy atom. The molecule has 0 fully saturated rings. The van der Waals surface area contributed by atoms with Crippen molar-refractivity contribution in [2.45, 2.75) is 40.2 Å². The summed E-state index contributed by atoms with van der Waals surface area (Å²) < 4.78 is 0. The van der Waals surface area contributed by atoms with E-state index in [1.807, 2.05) is 33.8 Å². The smallest absolute Gasteiger partial charge is 0.252 e. The summed E-state index contributed by atoms with van der Waals surface area (Å²) >= 11 is 1.63. The normalized spacial score (nSPS) is 12.8. The number of carbonyl (C=O) groups is 1. The number of aliphatic hydroxyl groups is 1. The van der Waals surface area contributed by atoms with Crippen LogP contribution in [0.2, 0.25) is 0 Å². The molecular weight excluding hydrogens is 234 g/mol. The summed E-state index contributed by atoms with van der Waals surface area (Å²) in [4.78, 5) is 14.0. The predicted octanol–water partition coefficient (Wildman–Crippen LogP) is 2.50. The van der Waals surface area contributed by atoms with E-state index < -0.39 is 0 Å². The van der Waals surface area contributed by atoms with Gasteiger partial charge < -0.3 is 10.4 Å². The molecule has 0 aliphatic carbocycles. The van der Waals surface area contributed by atoms with E-state index in [0.29, 0.717) is 13.0 Å². The van der Waals surface area contributed by atoms with Crippen molar-refractivity contribution < 1.29 is 9.90 Å². The molecule has 0 aromatic carbocycles. The highest BCUT2D eigenvalue weighted by Gasteiger charge is 2.13. The lowest BCUT2D eigenvalue weighted by molar-refractivity contribution is 0.0920. The fourth-order valence-corrected chi connectivity index (χ4v) is 2.54. The minimum atomic E-state index is -0.347. The van der Waals surface area contributed by atoms with Crippen LogP contribution in [0.3, 0.4) is 0 Å². The molecule has 0 aliphatic heterocycles. The molecule has 2 N–H and O–H groups in total. The number of aliphatic hydroxyl groups excluding tert-OH is 1. The van der Waals surface area contributed by atoms with Gasteiger partial charge in [0.25, 0.3) is 5.91 Å². The van der Waals surface area contributed by atoms with Gasteiger partial charge in [-0.2, -0.15) is 0 Å². The molecule has 1 unspecified atom stereocenters. The van der Waals surface area contributed by atoms with Crippen LogP contribution in [-0.2, 0) is 0 Å². The van der Waals surface area contributed by atoms with Crippen LogP contribution in [0.15, 0.2) is 6.07 Å². The largest absolute Gasteiger partial charge is 0.393 e. The maximum Gasteiger partial charge on any atom is 0.252 e. The van der Waals surface area contributed by atoms with Crippen molar-refractivity contribution in [3.8, 4) is 0 Å². The van der Waals surface area contributed by atoms with Gasteiger partial charge in [0.2, 0.25) is 0 Å². The third-order valence-corrected chi connectivity index (χ3v) is 3.75. The summed E-state index contributed by atoms with van der Waals surface area (Å²) in [6.07, 6.45) is 0.256. The van der Waals surface area contributed by atoms with Crippen LogP contribution < -0.4 is 5.32 Å². The van der Waals surface area contributed by atoms with Crippen LogP contribution in [0.4, 0.5) is 0 Å². The average Bonchev–Trinajstić information content (AvgIpc) is 2.57. The van der Waals surface area contributed by atoms with Crippen molar-refractivity contribution in [2.75, 3.05) is 6.54 Å². The van der Waals surface area contributed by atoms with Crippen LogP contribution in [0.5, 0.6) is 0 Å². The molecular formula is C13H21NO2S. The highest BCUT2D eigenvalue weighted by molar-refractivity contribution is 7.12. The zero-order valence-corrected chi connectivity index (χ0v) is 11.7. The topological polar surface area (TPSA) is 49.3 Å². The molecule has 1 heterocycles. The third kappa shape index (κ3) is 4.13. The number of nitrogens with one attached hydrogen (secondary N) is 1. The molecule has 0 aliphatic rings. The second-order valence-corrected chi connectivity index (χ2v) is 6.14. The summed E-state index contributed by atoms with van der Waals surface area (Å²) in [5.41, 5.74) is 0.756. The number of hydrogen-bond acceptors (Lipinski definition) is 3. The van der Waals surface area contributed by atoms with E-state index in [1.54, 1.807) is 11.3 Å².